The Balaban J connectivity index is 2.29. The molecule has 0 aliphatic carbocycles. The van der Waals surface area contributed by atoms with E-state index in [0.717, 1.165) is 12.1 Å². The Bertz CT molecular complexity index is 639. The summed E-state index contributed by atoms with van der Waals surface area (Å²) in [7, 11) is 0. The third kappa shape index (κ3) is 4.24. The van der Waals surface area contributed by atoms with Gasteiger partial charge in [-0.1, -0.05) is 13.8 Å². The number of pyridine rings is 1. The third-order valence-corrected chi connectivity index (χ3v) is 2.89. The van der Waals surface area contributed by atoms with Gasteiger partial charge in [-0.15, -0.1) is 0 Å². The van der Waals surface area contributed by atoms with E-state index in [1.165, 1.54) is 12.1 Å². The second-order valence-corrected chi connectivity index (χ2v) is 5.38. The van der Waals surface area contributed by atoms with Gasteiger partial charge < -0.3 is 10.5 Å². The van der Waals surface area contributed by atoms with Gasteiger partial charge in [0.2, 0.25) is 0 Å². The monoisotopic (exact) mass is 298 g/mol. The van der Waals surface area contributed by atoms with Gasteiger partial charge in [-0.25, -0.2) is 0 Å². The summed E-state index contributed by atoms with van der Waals surface area (Å²) in [6.45, 7) is 2.84. The van der Waals surface area contributed by atoms with Crippen LogP contribution in [0.2, 0.25) is 0 Å². The molecule has 2 aromatic rings. The quantitative estimate of drug-likeness (QED) is 0.929. The predicted octanol–water partition coefficient (Wildman–Crippen LogP) is 3.96. The average molecular weight is 298 g/mol. The van der Waals surface area contributed by atoms with Crippen LogP contribution in [0, 0.1) is 5.92 Å². The fourth-order valence-corrected chi connectivity index (χ4v) is 2.07. The van der Waals surface area contributed by atoms with Gasteiger partial charge in [0.1, 0.15) is 5.75 Å². The highest BCUT2D eigenvalue weighted by molar-refractivity contribution is 5.91. The Morgan fingerprint density at radius 3 is 2.57 bits per heavy atom. The van der Waals surface area contributed by atoms with Crippen LogP contribution in [-0.4, -0.2) is 17.8 Å². The van der Waals surface area contributed by atoms with Gasteiger partial charge in [0.25, 0.3) is 0 Å². The first-order chi connectivity index (χ1) is 9.74. The lowest BCUT2D eigenvalue weighted by molar-refractivity contribution is -0.153. The number of hydrogen-bond donors (Lipinski definition) is 1. The van der Waals surface area contributed by atoms with Gasteiger partial charge in [0.15, 0.2) is 6.61 Å². The van der Waals surface area contributed by atoms with Gasteiger partial charge in [-0.05, 0) is 36.6 Å². The van der Waals surface area contributed by atoms with Crippen LogP contribution in [0.3, 0.4) is 0 Å². The zero-order valence-corrected chi connectivity index (χ0v) is 11.9. The van der Waals surface area contributed by atoms with Crippen molar-refractivity contribution < 1.29 is 17.9 Å². The molecule has 21 heavy (non-hydrogen) atoms. The van der Waals surface area contributed by atoms with Crippen LogP contribution in [0.5, 0.6) is 5.75 Å². The molecule has 0 atom stereocenters. The van der Waals surface area contributed by atoms with E-state index in [1.54, 1.807) is 12.1 Å². The van der Waals surface area contributed by atoms with Crippen molar-refractivity contribution in [1.82, 2.24) is 4.98 Å². The molecule has 0 radical (unpaired) electrons. The van der Waals surface area contributed by atoms with Crippen LogP contribution >= 0.6 is 0 Å². The molecule has 0 saturated heterocycles. The first-order valence-corrected chi connectivity index (χ1v) is 6.63. The summed E-state index contributed by atoms with van der Waals surface area (Å²) < 4.78 is 41.2. The molecule has 0 fully saturated rings. The maximum Gasteiger partial charge on any atom is 0.422 e. The van der Waals surface area contributed by atoms with Crippen molar-refractivity contribution in [1.29, 1.82) is 0 Å². The van der Waals surface area contributed by atoms with Gasteiger partial charge in [-0.3, -0.25) is 4.98 Å². The van der Waals surface area contributed by atoms with Crippen molar-refractivity contribution >= 4 is 16.6 Å². The molecule has 0 unspecified atom stereocenters. The molecule has 114 valence electrons. The summed E-state index contributed by atoms with van der Waals surface area (Å²) in [5.74, 6) is 0.577. The maximum atomic E-state index is 12.1. The maximum absolute atomic E-state index is 12.1. The van der Waals surface area contributed by atoms with Crippen LogP contribution in [0.4, 0.5) is 18.9 Å². The number of benzene rings is 1. The lowest BCUT2D eigenvalue weighted by atomic mass is 10.1. The van der Waals surface area contributed by atoms with Crippen LogP contribution in [0.15, 0.2) is 24.3 Å². The molecular formula is C15H17F3N2O. The Labute approximate surface area is 120 Å². The number of nitrogens with zero attached hydrogens (tertiary/aromatic N) is 1. The fraction of sp³-hybridized carbons (Fsp3) is 0.400. The number of alkyl halides is 3. The second-order valence-electron chi connectivity index (χ2n) is 5.38. The molecule has 0 saturated carbocycles. The molecule has 0 bridgehead atoms. The van der Waals surface area contributed by atoms with E-state index in [4.69, 9.17) is 10.5 Å². The van der Waals surface area contributed by atoms with Crippen LogP contribution in [-0.2, 0) is 6.42 Å². The molecular weight excluding hydrogens is 281 g/mol. The molecule has 1 heterocycles. The van der Waals surface area contributed by atoms with E-state index < -0.39 is 12.8 Å². The third-order valence-electron chi connectivity index (χ3n) is 2.89. The largest absolute Gasteiger partial charge is 0.484 e. The van der Waals surface area contributed by atoms with E-state index in [1.807, 2.05) is 0 Å². The van der Waals surface area contributed by atoms with Crippen molar-refractivity contribution in [3.8, 4) is 5.75 Å². The summed E-state index contributed by atoms with van der Waals surface area (Å²) in [6, 6.07) is 6.35. The lowest BCUT2D eigenvalue weighted by Crippen LogP contribution is -2.19. The van der Waals surface area contributed by atoms with Gasteiger partial charge >= 0.3 is 6.18 Å². The minimum Gasteiger partial charge on any atom is -0.484 e. The van der Waals surface area contributed by atoms with Crippen LogP contribution in [0.25, 0.3) is 10.9 Å². The summed E-state index contributed by atoms with van der Waals surface area (Å²) in [5.41, 5.74) is 7.99. The molecule has 0 amide bonds. The number of anilines is 1. The van der Waals surface area contributed by atoms with Crippen molar-refractivity contribution in [2.45, 2.75) is 26.4 Å². The zero-order chi connectivity index (χ0) is 15.6. The Morgan fingerprint density at radius 1 is 1.24 bits per heavy atom. The van der Waals surface area contributed by atoms with E-state index in [9.17, 15) is 13.2 Å². The van der Waals surface area contributed by atoms with E-state index in [0.29, 0.717) is 22.5 Å². The number of halogens is 3. The summed E-state index contributed by atoms with van der Waals surface area (Å²) in [5, 5.41) is 0.599. The Hall–Kier alpha value is -1.98. The summed E-state index contributed by atoms with van der Waals surface area (Å²) >= 11 is 0. The highest BCUT2D eigenvalue weighted by Crippen LogP contribution is 2.27. The van der Waals surface area contributed by atoms with E-state index in [-0.39, 0.29) is 5.75 Å². The Kier molecular flexibility index (Phi) is 4.25. The highest BCUT2D eigenvalue weighted by Gasteiger charge is 2.28. The molecule has 0 aliphatic rings. The Morgan fingerprint density at radius 2 is 1.95 bits per heavy atom. The van der Waals surface area contributed by atoms with Crippen molar-refractivity contribution in [2.24, 2.45) is 5.92 Å². The molecule has 2 N–H and O–H groups in total. The van der Waals surface area contributed by atoms with Crippen molar-refractivity contribution in [3.05, 3.63) is 30.0 Å². The van der Waals surface area contributed by atoms with Gasteiger partial charge in [0, 0.05) is 16.8 Å². The number of ether oxygens (including phenoxy) is 1. The number of aromatic nitrogens is 1. The van der Waals surface area contributed by atoms with Crippen molar-refractivity contribution in [3.63, 3.8) is 0 Å². The SMILES string of the molecule is CC(C)Cc1cc(N)c2cc(OCC(F)(F)F)ccc2n1. The molecule has 0 aliphatic heterocycles. The number of nitrogen functional groups attached to an aromatic ring is 1. The first-order valence-electron chi connectivity index (χ1n) is 6.63. The number of fused-ring (bicyclic) bond motifs is 1. The molecule has 1 aromatic heterocycles. The molecule has 2 rings (SSSR count). The number of rotatable bonds is 4. The topological polar surface area (TPSA) is 48.1 Å². The summed E-state index contributed by atoms with van der Waals surface area (Å²) in [4.78, 5) is 4.47. The molecule has 1 aromatic carbocycles. The van der Waals surface area contributed by atoms with E-state index >= 15 is 0 Å². The summed E-state index contributed by atoms with van der Waals surface area (Å²) in [6.07, 6.45) is -3.56. The number of hydrogen-bond acceptors (Lipinski definition) is 3. The minimum absolute atomic E-state index is 0.130. The molecule has 6 heteroatoms. The van der Waals surface area contributed by atoms with Crippen LogP contribution < -0.4 is 10.5 Å². The smallest absolute Gasteiger partial charge is 0.422 e. The predicted molar refractivity (Wildman–Crippen MR) is 76.2 cm³/mol. The molecule has 0 spiro atoms. The standard InChI is InChI=1S/C15H17F3N2O/c1-9(2)5-10-6-13(19)12-7-11(3-4-14(12)20-10)21-8-15(16,17)18/h3-4,6-7,9H,5,8H2,1-2H3,(H2,19,20). The van der Waals surface area contributed by atoms with Crippen LogP contribution in [0.1, 0.15) is 19.5 Å². The normalized spacial score (nSPS) is 12.1. The highest BCUT2D eigenvalue weighted by atomic mass is 19.4. The fourth-order valence-electron chi connectivity index (χ4n) is 2.07. The lowest BCUT2D eigenvalue weighted by Gasteiger charge is -2.12. The first kappa shape index (κ1) is 15.4. The van der Waals surface area contributed by atoms with Gasteiger partial charge in [-0.2, -0.15) is 13.2 Å². The van der Waals surface area contributed by atoms with Gasteiger partial charge in [0.05, 0.1) is 5.52 Å². The average Bonchev–Trinajstić information content (AvgIpc) is 2.35. The molecule has 3 nitrogen and oxygen atoms in total. The van der Waals surface area contributed by atoms with E-state index in [2.05, 4.69) is 18.8 Å². The zero-order valence-electron chi connectivity index (χ0n) is 11.9. The minimum atomic E-state index is -4.36. The number of nitrogens with two attached hydrogens (primary N) is 1. The van der Waals surface area contributed by atoms with Crippen molar-refractivity contribution in [2.75, 3.05) is 12.3 Å². The second kappa shape index (κ2) is 5.79.